The van der Waals surface area contributed by atoms with Crippen molar-refractivity contribution < 1.29 is 4.79 Å². The highest BCUT2D eigenvalue weighted by molar-refractivity contribution is 7.99. The number of aromatic nitrogens is 4. The zero-order valence-corrected chi connectivity index (χ0v) is 15.9. The molecule has 130 valence electrons. The van der Waals surface area contributed by atoms with Gasteiger partial charge in [0.05, 0.1) is 22.7 Å². The molecule has 0 bridgehead atoms. The van der Waals surface area contributed by atoms with Crippen molar-refractivity contribution in [1.82, 2.24) is 25.1 Å². The van der Waals surface area contributed by atoms with Gasteiger partial charge >= 0.3 is 0 Å². The van der Waals surface area contributed by atoms with E-state index in [4.69, 9.17) is 11.6 Å². The lowest BCUT2D eigenvalue weighted by atomic mass is 10.3. The van der Waals surface area contributed by atoms with E-state index in [1.165, 1.54) is 35.9 Å². The summed E-state index contributed by atoms with van der Waals surface area (Å²) in [6, 6.07) is 4.22. The number of carbonyl (C=O) groups is 1. The van der Waals surface area contributed by atoms with Crippen LogP contribution in [-0.2, 0) is 11.3 Å². The third kappa shape index (κ3) is 4.29. The molecular formula is C15H20ClN5OS2. The summed E-state index contributed by atoms with van der Waals surface area (Å²) in [6.07, 6.45) is 4.68. The minimum Gasteiger partial charge on any atom is -0.337 e. The molecule has 1 aliphatic rings. The molecule has 0 saturated heterocycles. The van der Waals surface area contributed by atoms with Crippen LogP contribution >= 0.6 is 34.7 Å². The molecule has 2 aromatic rings. The van der Waals surface area contributed by atoms with Crippen molar-refractivity contribution in [3.8, 4) is 0 Å². The number of carbonyl (C=O) groups excluding carboxylic acids is 1. The van der Waals surface area contributed by atoms with E-state index in [-0.39, 0.29) is 5.91 Å². The molecule has 0 spiro atoms. The molecule has 1 saturated carbocycles. The molecule has 0 N–H and O–H groups in total. The molecular weight excluding hydrogens is 366 g/mol. The molecule has 1 fully saturated rings. The number of hydrogen-bond acceptors (Lipinski definition) is 6. The fourth-order valence-corrected chi connectivity index (χ4v) is 4.83. The Morgan fingerprint density at radius 1 is 1.46 bits per heavy atom. The molecule has 0 radical (unpaired) electrons. The van der Waals surface area contributed by atoms with E-state index in [0.29, 0.717) is 24.9 Å². The number of thiophene rings is 1. The lowest BCUT2D eigenvalue weighted by Gasteiger charge is -2.20. The van der Waals surface area contributed by atoms with Crippen LogP contribution in [0.5, 0.6) is 0 Å². The Hall–Kier alpha value is -1.12. The monoisotopic (exact) mass is 385 g/mol. The average molecular weight is 386 g/mol. The summed E-state index contributed by atoms with van der Waals surface area (Å²) in [4.78, 5) is 15.4. The van der Waals surface area contributed by atoms with Gasteiger partial charge in [-0.1, -0.05) is 36.2 Å². The Morgan fingerprint density at radius 2 is 2.25 bits per heavy atom. The van der Waals surface area contributed by atoms with Crippen LogP contribution in [0.25, 0.3) is 0 Å². The Bertz CT molecular complexity index is 683. The van der Waals surface area contributed by atoms with E-state index in [0.717, 1.165) is 27.2 Å². The van der Waals surface area contributed by atoms with E-state index < -0.39 is 0 Å². The first-order valence-electron chi connectivity index (χ1n) is 8.10. The summed E-state index contributed by atoms with van der Waals surface area (Å²) in [5, 5.41) is 12.7. The fraction of sp³-hybridized carbons (Fsp3) is 0.600. The first-order chi connectivity index (χ1) is 11.7. The molecule has 1 aliphatic carbocycles. The first-order valence-corrected chi connectivity index (χ1v) is 10.3. The Kier molecular flexibility index (Phi) is 6.13. The molecule has 9 heteroatoms. The van der Waals surface area contributed by atoms with E-state index in [9.17, 15) is 4.79 Å². The highest BCUT2D eigenvalue weighted by Crippen LogP contribution is 2.31. The van der Waals surface area contributed by atoms with Gasteiger partial charge in [-0.3, -0.25) is 4.79 Å². The van der Waals surface area contributed by atoms with Gasteiger partial charge in [0.25, 0.3) is 0 Å². The minimum absolute atomic E-state index is 0.0907. The van der Waals surface area contributed by atoms with Crippen LogP contribution in [0.1, 0.15) is 43.5 Å². The molecule has 6 nitrogen and oxygen atoms in total. The summed E-state index contributed by atoms with van der Waals surface area (Å²) in [6.45, 7) is 3.25. The van der Waals surface area contributed by atoms with Crippen LogP contribution in [0.3, 0.4) is 0 Å². The third-order valence-corrected chi connectivity index (χ3v) is 6.30. The summed E-state index contributed by atoms with van der Waals surface area (Å²) in [5.41, 5.74) is 0. The van der Waals surface area contributed by atoms with Crippen LogP contribution in [0, 0.1) is 0 Å². The average Bonchev–Trinajstić information content (AvgIpc) is 3.31. The number of hydrogen-bond donors (Lipinski definition) is 0. The van der Waals surface area contributed by atoms with E-state index in [1.807, 2.05) is 28.6 Å². The van der Waals surface area contributed by atoms with Gasteiger partial charge in [-0.2, -0.15) is 0 Å². The molecule has 0 atom stereocenters. The Balaban J connectivity index is 1.57. The lowest BCUT2D eigenvalue weighted by Crippen LogP contribution is -2.31. The molecule has 0 aromatic carbocycles. The van der Waals surface area contributed by atoms with Crippen molar-refractivity contribution in [2.24, 2.45) is 0 Å². The normalized spacial score (nSPS) is 15.1. The van der Waals surface area contributed by atoms with Crippen LogP contribution in [-0.4, -0.2) is 43.3 Å². The number of amides is 1. The highest BCUT2D eigenvalue weighted by atomic mass is 35.5. The Labute approximate surface area is 154 Å². The second kappa shape index (κ2) is 8.31. The van der Waals surface area contributed by atoms with Crippen molar-refractivity contribution in [3.05, 3.63) is 21.3 Å². The van der Waals surface area contributed by atoms with Crippen molar-refractivity contribution in [2.75, 3.05) is 12.3 Å². The summed E-state index contributed by atoms with van der Waals surface area (Å²) in [7, 11) is 0. The zero-order valence-electron chi connectivity index (χ0n) is 13.5. The van der Waals surface area contributed by atoms with Gasteiger partial charge in [0.2, 0.25) is 11.1 Å². The predicted octanol–water partition coefficient (Wildman–Crippen LogP) is 3.64. The number of rotatable bonds is 7. The predicted molar refractivity (Wildman–Crippen MR) is 96.5 cm³/mol. The highest BCUT2D eigenvalue weighted by Gasteiger charge is 2.22. The second-order valence-corrected chi connectivity index (χ2v) is 8.49. The zero-order chi connectivity index (χ0) is 16.9. The van der Waals surface area contributed by atoms with Crippen LogP contribution in [0.4, 0.5) is 0 Å². The number of thioether (sulfide) groups is 1. The number of tetrazole rings is 1. The first kappa shape index (κ1) is 17.7. The maximum Gasteiger partial charge on any atom is 0.233 e. The van der Waals surface area contributed by atoms with Gasteiger partial charge in [-0.15, -0.1) is 16.4 Å². The van der Waals surface area contributed by atoms with Gasteiger partial charge in [0.15, 0.2) is 0 Å². The number of nitrogens with zero attached hydrogens (tertiary/aromatic N) is 5. The van der Waals surface area contributed by atoms with Crippen molar-refractivity contribution in [1.29, 1.82) is 0 Å². The maximum absolute atomic E-state index is 12.5. The number of halogens is 1. The van der Waals surface area contributed by atoms with Crippen LogP contribution in [0.2, 0.25) is 4.34 Å². The SMILES string of the molecule is CCN(Cc1ccc(Cl)s1)C(=O)CSc1nnnn1C1CCCC1. The summed E-state index contributed by atoms with van der Waals surface area (Å²) < 4.78 is 2.64. The van der Waals surface area contributed by atoms with Gasteiger partial charge in [-0.05, 0) is 42.3 Å². The topological polar surface area (TPSA) is 63.9 Å². The van der Waals surface area contributed by atoms with Crippen LogP contribution < -0.4 is 0 Å². The standard InChI is InChI=1S/C15H20ClN5OS2/c1-2-20(9-12-7-8-13(16)24-12)14(22)10-23-15-17-18-19-21(15)11-5-3-4-6-11/h7-8,11H,2-6,9-10H2,1H3. The van der Waals surface area contributed by atoms with Gasteiger partial charge in [0, 0.05) is 11.4 Å². The Morgan fingerprint density at radius 3 is 2.92 bits per heavy atom. The third-order valence-electron chi connectivity index (χ3n) is 4.17. The van der Waals surface area contributed by atoms with E-state index in [2.05, 4.69) is 15.5 Å². The van der Waals surface area contributed by atoms with Crippen molar-refractivity contribution in [2.45, 2.75) is 50.4 Å². The van der Waals surface area contributed by atoms with Crippen molar-refractivity contribution >= 4 is 40.6 Å². The molecule has 0 unspecified atom stereocenters. The maximum atomic E-state index is 12.5. The molecule has 2 aromatic heterocycles. The van der Waals surface area contributed by atoms with Gasteiger partial charge in [0.1, 0.15) is 0 Å². The molecule has 2 heterocycles. The van der Waals surface area contributed by atoms with Gasteiger partial charge in [-0.25, -0.2) is 4.68 Å². The summed E-state index contributed by atoms with van der Waals surface area (Å²) in [5.74, 6) is 0.438. The molecule has 3 rings (SSSR count). The summed E-state index contributed by atoms with van der Waals surface area (Å²) >= 11 is 8.89. The van der Waals surface area contributed by atoms with Gasteiger partial charge < -0.3 is 4.90 Å². The minimum atomic E-state index is 0.0907. The fourth-order valence-electron chi connectivity index (χ4n) is 2.88. The molecule has 1 amide bonds. The molecule has 0 aliphatic heterocycles. The lowest BCUT2D eigenvalue weighted by molar-refractivity contribution is -0.128. The second-order valence-electron chi connectivity index (χ2n) is 5.75. The quantitative estimate of drug-likeness (QED) is 0.681. The van der Waals surface area contributed by atoms with Crippen LogP contribution in [0.15, 0.2) is 17.3 Å². The van der Waals surface area contributed by atoms with E-state index in [1.54, 1.807) is 0 Å². The van der Waals surface area contributed by atoms with Crippen molar-refractivity contribution in [3.63, 3.8) is 0 Å². The largest absolute Gasteiger partial charge is 0.337 e. The molecule has 24 heavy (non-hydrogen) atoms. The smallest absolute Gasteiger partial charge is 0.233 e. The van der Waals surface area contributed by atoms with E-state index >= 15 is 0 Å².